The average molecular weight is 508 g/mol. The number of carbonyl (C=O) groups excluding carboxylic acids is 1. The number of aliphatic hydroxyl groups excluding tert-OH is 1. The third-order valence-corrected chi connectivity index (χ3v) is 5.43. The van der Waals surface area contributed by atoms with Crippen LogP contribution in [0.2, 0.25) is 0 Å². The number of nitrogens with one attached hydrogen (secondary N) is 1. The van der Waals surface area contributed by atoms with Crippen LogP contribution in [-0.2, 0) is 9.53 Å². The Balaban J connectivity index is 1.46. The van der Waals surface area contributed by atoms with Gasteiger partial charge in [0.2, 0.25) is 0 Å². The molecule has 0 aromatic heterocycles. The molecule has 196 valence electrons. The largest absolute Gasteiger partial charge is 0.497 e. The van der Waals surface area contributed by atoms with Crippen LogP contribution in [0.4, 0.5) is 0 Å². The maximum Gasteiger partial charge on any atom is 0.338 e. The fourth-order valence-electron chi connectivity index (χ4n) is 3.46. The van der Waals surface area contributed by atoms with Crippen LogP contribution in [0.15, 0.2) is 72.8 Å². The second-order valence-electron chi connectivity index (χ2n) is 8.02. The van der Waals surface area contributed by atoms with Crippen LogP contribution in [0.25, 0.3) is 11.6 Å². The maximum absolute atomic E-state index is 12.4. The van der Waals surface area contributed by atoms with Crippen molar-refractivity contribution in [3.63, 3.8) is 0 Å². The first-order chi connectivity index (χ1) is 18.0. The highest BCUT2D eigenvalue weighted by atomic mass is 16.5. The summed E-state index contributed by atoms with van der Waals surface area (Å²) in [4.78, 5) is 12.4. The van der Waals surface area contributed by atoms with Crippen molar-refractivity contribution in [1.29, 1.82) is 0 Å². The normalized spacial score (nSPS) is 11.9. The Hall–Kier alpha value is -4.01. The molecule has 1 unspecified atom stereocenters. The van der Waals surface area contributed by atoms with Gasteiger partial charge in [-0.05, 0) is 53.6 Å². The van der Waals surface area contributed by atoms with Gasteiger partial charge in [0.1, 0.15) is 30.8 Å². The Morgan fingerprint density at radius 2 is 1.54 bits per heavy atom. The molecule has 2 N–H and O–H groups in total. The van der Waals surface area contributed by atoms with E-state index in [9.17, 15) is 9.90 Å². The number of ether oxygens (including phenoxy) is 5. The number of para-hydroxylation sites is 2. The van der Waals surface area contributed by atoms with Gasteiger partial charge in [-0.15, -0.1) is 0 Å². The van der Waals surface area contributed by atoms with Crippen molar-refractivity contribution in [2.24, 2.45) is 0 Å². The van der Waals surface area contributed by atoms with E-state index >= 15 is 0 Å². The highest BCUT2D eigenvalue weighted by molar-refractivity contribution is 6.21. The molecule has 3 aromatic rings. The third kappa shape index (κ3) is 8.56. The first-order valence-corrected chi connectivity index (χ1v) is 11.9. The first-order valence-electron chi connectivity index (χ1n) is 11.9. The third-order valence-electron chi connectivity index (χ3n) is 5.43. The lowest BCUT2D eigenvalue weighted by Gasteiger charge is -2.14. The lowest BCUT2D eigenvalue weighted by atomic mass is 10.0. The Labute approximate surface area is 217 Å². The Kier molecular flexibility index (Phi) is 10.8. The number of rotatable bonds is 14. The van der Waals surface area contributed by atoms with Gasteiger partial charge >= 0.3 is 5.97 Å². The topological polar surface area (TPSA) is 95.5 Å². The van der Waals surface area contributed by atoms with E-state index in [1.54, 1.807) is 56.7 Å². The molecule has 0 spiro atoms. The molecule has 0 amide bonds. The van der Waals surface area contributed by atoms with Crippen molar-refractivity contribution >= 4 is 17.6 Å². The second-order valence-corrected chi connectivity index (χ2v) is 8.02. The smallest absolute Gasteiger partial charge is 0.338 e. The number of esters is 1. The van der Waals surface area contributed by atoms with Gasteiger partial charge < -0.3 is 34.1 Å². The molecule has 0 saturated heterocycles. The summed E-state index contributed by atoms with van der Waals surface area (Å²) in [6.07, 6.45) is 1.07. The Morgan fingerprint density at radius 1 is 0.865 bits per heavy atom. The molecular formula is C29H33NO7. The van der Waals surface area contributed by atoms with Crippen LogP contribution in [0, 0.1) is 0 Å². The summed E-state index contributed by atoms with van der Waals surface area (Å²) in [5.74, 6) is 2.23. The molecular weight excluding hydrogens is 474 g/mol. The number of methoxy groups -OCH3 is 3. The van der Waals surface area contributed by atoms with Crippen LogP contribution in [-0.4, -0.2) is 64.8 Å². The Bertz CT molecular complexity index is 1140. The quantitative estimate of drug-likeness (QED) is 0.147. The average Bonchev–Trinajstić information content (AvgIpc) is 2.95. The van der Waals surface area contributed by atoms with Crippen molar-refractivity contribution in [3.8, 4) is 23.0 Å². The zero-order chi connectivity index (χ0) is 26.5. The number of aliphatic hydroxyl groups is 1. The summed E-state index contributed by atoms with van der Waals surface area (Å²) >= 11 is 0. The van der Waals surface area contributed by atoms with Crippen molar-refractivity contribution in [1.82, 2.24) is 5.32 Å². The zero-order valence-electron chi connectivity index (χ0n) is 21.3. The predicted molar refractivity (Wildman–Crippen MR) is 142 cm³/mol. The molecule has 37 heavy (non-hydrogen) atoms. The molecule has 0 radical (unpaired) electrons. The number of hydrogen-bond donors (Lipinski definition) is 2. The van der Waals surface area contributed by atoms with Gasteiger partial charge in [-0.25, -0.2) is 4.79 Å². The van der Waals surface area contributed by atoms with Gasteiger partial charge in [-0.2, -0.15) is 0 Å². The van der Waals surface area contributed by atoms with Crippen LogP contribution in [0.3, 0.4) is 0 Å². The van der Waals surface area contributed by atoms with E-state index in [0.29, 0.717) is 48.3 Å². The molecule has 0 aliphatic rings. The maximum atomic E-state index is 12.4. The highest BCUT2D eigenvalue weighted by Gasteiger charge is 2.13. The van der Waals surface area contributed by atoms with E-state index in [2.05, 4.69) is 5.32 Å². The summed E-state index contributed by atoms with van der Waals surface area (Å²) < 4.78 is 26.8. The lowest BCUT2D eigenvalue weighted by molar-refractivity contribution is -0.133. The minimum absolute atomic E-state index is 0.134. The molecule has 8 nitrogen and oxygen atoms in total. The number of benzene rings is 3. The molecule has 0 aliphatic heterocycles. The minimum Gasteiger partial charge on any atom is -0.497 e. The van der Waals surface area contributed by atoms with Crippen LogP contribution < -0.4 is 24.3 Å². The van der Waals surface area contributed by atoms with Gasteiger partial charge in [0, 0.05) is 13.1 Å². The Morgan fingerprint density at radius 3 is 2.19 bits per heavy atom. The van der Waals surface area contributed by atoms with Crippen molar-refractivity contribution in [2.75, 3.05) is 47.6 Å². The summed E-state index contributed by atoms with van der Waals surface area (Å²) in [6.45, 7) is 1.50. The van der Waals surface area contributed by atoms with Crippen molar-refractivity contribution < 1.29 is 33.6 Å². The van der Waals surface area contributed by atoms with E-state index in [1.807, 2.05) is 36.4 Å². The SMILES string of the molecule is COC(=O)/C(=C/c1ccc(OCC(O)CNCCOc2ccccc2OC)cc1)c1ccc(OC)cc1. The van der Waals surface area contributed by atoms with Gasteiger partial charge in [0.25, 0.3) is 0 Å². The molecule has 0 fully saturated rings. The summed E-state index contributed by atoms with van der Waals surface area (Å²) in [5.41, 5.74) is 1.95. The molecule has 0 bridgehead atoms. The van der Waals surface area contributed by atoms with Gasteiger partial charge in [0.15, 0.2) is 11.5 Å². The summed E-state index contributed by atoms with van der Waals surface area (Å²) in [7, 11) is 4.54. The number of carbonyl (C=O) groups is 1. The number of hydrogen-bond acceptors (Lipinski definition) is 8. The van der Waals surface area contributed by atoms with Crippen LogP contribution in [0.1, 0.15) is 11.1 Å². The molecule has 3 rings (SSSR count). The van der Waals surface area contributed by atoms with E-state index in [4.69, 9.17) is 23.7 Å². The predicted octanol–water partition coefficient (Wildman–Crippen LogP) is 3.83. The summed E-state index contributed by atoms with van der Waals surface area (Å²) in [5, 5.41) is 13.4. The first kappa shape index (κ1) is 27.6. The zero-order valence-corrected chi connectivity index (χ0v) is 21.3. The van der Waals surface area contributed by atoms with Gasteiger partial charge in [-0.3, -0.25) is 0 Å². The molecule has 0 aliphatic carbocycles. The monoisotopic (exact) mass is 507 g/mol. The second kappa shape index (κ2) is 14.5. The molecule has 3 aromatic carbocycles. The highest BCUT2D eigenvalue weighted by Crippen LogP contribution is 2.26. The van der Waals surface area contributed by atoms with E-state index < -0.39 is 12.1 Å². The molecule has 1 atom stereocenters. The van der Waals surface area contributed by atoms with E-state index in [1.165, 1.54) is 7.11 Å². The van der Waals surface area contributed by atoms with E-state index in [-0.39, 0.29) is 6.61 Å². The standard InChI is InChI=1S/C29H33NO7/c1-33-24-14-10-22(11-15-24)26(29(32)35-3)18-21-8-12-25(13-9-21)37-20-23(31)19-30-16-17-36-28-7-5-4-6-27(28)34-2/h4-15,18,23,30-31H,16-17,19-20H2,1-3H3/b26-18+. The molecule has 8 heteroatoms. The fourth-order valence-corrected chi connectivity index (χ4v) is 3.46. The minimum atomic E-state index is -0.688. The molecule has 0 saturated carbocycles. The van der Waals surface area contributed by atoms with Crippen molar-refractivity contribution in [2.45, 2.75) is 6.10 Å². The fraction of sp³-hybridized carbons (Fsp3) is 0.276. The van der Waals surface area contributed by atoms with Gasteiger partial charge in [-0.1, -0.05) is 36.4 Å². The lowest BCUT2D eigenvalue weighted by Crippen LogP contribution is -2.33. The molecule has 0 heterocycles. The van der Waals surface area contributed by atoms with E-state index in [0.717, 1.165) is 11.1 Å². The van der Waals surface area contributed by atoms with Crippen LogP contribution >= 0.6 is 0 Å². The van der Waals surface area contributed by atoms with Crippen molar-refractivity contribution in [3.05, 3.63) is 83.9 Å². The van der Waals surface area contributed by atoms with Crippen LogP contribution in [0.5, 0.6) is 23.0 Å². The summed E-state index contributed by atoms with van der Waals surface area (Å²) in [6, 6.07) is 21.9. The van der Waals surface area contributed by atoms with Gasteiger partial charge in [0.05, 0.1) is 26.9 Å².